The van der Waals surface area contributed by atoms with E-state index >= 15 is 0 Å². The van der Waals surface area contributed by atoms with Gasteiger partial charge in [0.25, 0.3) is 0 Å². The number of halogens is 1. The predicted molar refractivity (Wildman–Crippen MR) is 104 cm³/mol. The van der Waals surface area contributed by atoms with Gasteiger partial charge in [-0.25, -0.2) is 14.3 Å². The zero-order valence-electron chi connectivity index (χ0n) is 16.2. The molecule has 1 aliphatic heterocycles. The summed E-state index contributed by atoms with van der Waals surface area (Å²) in [4.78, 5) is 19.3. The molecule has 7 heteroatoms. The molecule has 1 saturated heterocycles. The number of ether oxygens (including phenoxy) is 1. The lowest BCUT2D eigenvalue weighted by atomic mass is 9.83. The van der Waals surface area contributed by atoms with Crippen LogP contribution >= 0.6 is 11.6 Å². The molecule has 2 fully saturated rings. The number of amides is 1. The molecular weight excluding hydrogens is 364 g/mol. The molecule has 2 aromatic heterocycles. The summed E-state index contributed by atoms with van der Waals surface area (Å²) in [5.74, 6) is 0.513. The fraction of sp³-hybridized carbons (Fsp3) is 0.650. The fourth-order valence-corrected chi connectivity index (χ4v) is 4.06. The molecule has 0 N–H and O–H groups in total. The highest BCUT2D eigenvalue weighted by atomic mass is 35.5. The van der Waals surface area contributed by atoms with E-state index in [0.29, 0.717) is 17.6 Å². The van der Waals surface area contributed by atoms with Crippen LogP contribution in [-0.2, 0) is 4.74 Å². The third-order valence-corrected chi connectivity index (χ3v) is 5.69. The lowest BCUT2D eigenvalue weighted by Gasteiger charge is -2.35. The summed E-state index contributed by atoms with van der Waals surface area (Å²) >= 11 is 6.48. The Labute approximate surface area is 164 Å². The van der Waals surface area contributed by atoms with E-state index in [1.165, 1.54) is 19.3 Å². The summed E-state index contributed by atoms with van der Waals surface area (Å²) in [5, 5.41) is 5.26. The maximum absolute atomic E-state index is 12.7. The van der Waals surface area contributed by atoms with E-state index in [9.17, 15) is 4.79 Å². The molecule has 0 bridgehead atoms. The largest absolute Gasteiger partial charge is 0.444 e. The Hall–Kier alpha value is -1.82. The molecule has 1 aliphatic carbocycles. The Balaban J connectivity index is 1.64. The monoisotopic (exact) mass is 390 g/mol. The van der Waals surface area contributed by atoms with Gasteiger partial charge in [0, 0.05) is 24.2 Å². The van der Waals surface area contributed by atoms with Crippen molar-refractivity contribution in [1.29, 1.82) is 0 Å². The first kappa shape index (κ1) is 18.5. The van der Waals surface area contributed by atoms with Gasteiger partial charge < -0.3 is 4.74 Å². The number of hydrogen-bond donors (Lipinski definition) is 0. The van der Waals surface area contributed by atoms with E-state index < -0.39 is 5.60 Å². The van der Waals surface area contributed by atoms with Crippen molar-refractivity contribution in [3.63, 3.8) is 0 Å². The van der Waals surface area contributed by atoms with Crippen molar-refractivity contribution in [1.82, 2.24) is 19.5 Å². The van der Waals surface area contributed by atoms with Crippen molar-refractivity contribution in [3.8, 4) is 0 Å². The van der Waals surface area contributed by atoms with E-state index in [4.69, 9.17) is 21.3 Å². The van der Waals surface area contributed by atoms with Gasteiger partial charge in [-0.3, -0.25) is 4.90 Å². The summed E-state index contributed by atoms with van der Waals surface area (Å²) in [6.45, 7) is 6.35. The SMILES string of the molecule is CC(C)(C)OC(=O)N1CCCCC1c1cc2nc(C3CCC3)cc(Cl)n2n1. The number of hydrogen-bond acceptors (Lipinski definition) is 4. The third kappa shape index (κ3) is 3.77. The van der Waals surface area contributed by atoms with Crippen LogP contribution in [0.4, 0.5) is 4.79 Å². The van der Waals surface area contributed by atoms with Gasteiger partial charge in [-0.2, -0.15) is 5.10 Å². The average Bonchev–Trinajstić information content (AvgIpc) is 2.96. The minimum Gasteiger partial charge on any atom is -0.444 e. The van der Waals surface area contributed by atoms with Gasteiger partial charge in [0.2, 0.25) is 0 Å². The van der Waals surface area contributed by atoms with Crippen LogP contribution in [0.2, 0.25) is 5.15 Å². The fourth-order valence-electron chi connectivity index (χ4n) is 3.83. The van der Waals surface area contributed by atoms with Gasteiger partial charge >= 0.3 is 6.09 Å². The van der Waals surface area contributed by atoms with Crippen LogP contribution in [0.3, 0.4) is 0 Å². The van der Waals surface area contributed by atoms with Gasteiger partial charge in [-0.1, -0.05) is 18.0 Å². The summed E-state index contributed by atoms with van der Waals surface area (Å²) < 4.78 is 7.29. The van der Waals surface area contributed by atoms with E-state index in [2.05, 4.69) is 5.10 Å². The molecule has 0 aromatic carbocycles. The minimum absolute atomic E-state index is 0.0986. The number of fused-ring (bicyclic) bond motifs is 1. The normalized spacial score (nSPS) is 21.3. The second-order valence-corrected chi connectivity index (χ2v) is 9.04. The lowest BCUT2D eigenvalue weighted by molar-refractivity contribution is 0.00898. The van der Waals surface area contributed by atoms with Gasteiger partial charge in [0.05, 0.1) is 11.7 Å². The second kappa shape index (κ2) is 6.97. The number of rotatable bonds is 2. The quantitative estimate of drug-likeness (QED) is 0.668. The van der Waals surface area contributed by atoms with E-state index in [-0.39, 0.29) is 12.1 Å². The Kier molecular flexibility index (Phi) is 4.78. The van der Waals surface area contributed by atoms with Crippen molar-refractivity contribution < 1.29 is 9.53 Å². The average molecular weight is 391 g/mol. The highest BCUT2D eigenvalue weighted by Crippen LogP contribution is 2.37. The summed E-state index contributed by atoms with van der Waals surface area (Å²) in [5.41, 5.74) is 2.13. The van der Waals surface area contributed by atoms with E-state index in [1.807, 2.05) is 32.9 Å². The highest BCUT2D eigenvalue weighted by Gasteiger charge is 2.33. The number of carbonyl (C=O) groups excluding carboxylic acids is 1. The van der Waals surface area contributed by atoms with Crippen molar-refractivity contribution in [3.05, 3.63) is 28.7 Å². The molecule has 1 amide bonds. The molecule has 1 atom stereocenters. The van der Waals surface area contributed by atoms with E-state index in [0.717, 1.165) is 36.3 Å². The molecule has 3 heterocycles. The van der Waals surface area contributed by atoms with Crippen LogP contribution in [0.1, 0.15) is 82.6 Å². The maximum Gasteiger partial charge on any atom is 0.410 e. The van der Waals surface area contributed by atoms with Crippen LogP contribution < -0.4 is 0 Å². The van der Waals surface area contributed by atoms with Crippen LogP contribution in [0.5, 0.6) is 0 Å². The first-order valence-electron chi connectivity index (χ1n) is 9.87. The smallest absolute Gasteiger partial charge is 0.410 e. The number of likely N-dealkylation sites (tertiary alicyclic amines) is 1. The van der Waals surface area contributed by atoms with Crippen molar-refractivity contribution in [2.24, 2.45) is 0 Å². The molecular formula is C20H27ClN4O2. The Morgan fingerprint density at radius 1 is 1.15 bits per heavy atom. The molecule has 2 aromatic rings. The standard InChI is InChI=1S/C20H27ClN4O2/c1-20(2,3)27-19(26)24-10-5-4-9-16(24)15-12-18-22-14(13-7-6-8-13)11-17(21)25(18)23-15/h11-13,16H,4-10H2,1-3H3. The van der Waals surface area contributed by atoms with Crippen molar-refractivity contribution in [2.45, 2.75) is 76.9 Å². The van der Waals surface area contributed by atoms with Crippen molar-refractivity contribution in [2.75, 3.05) is 6.54 Å². The van der Waals surface area contributed by atoms with Crippen LogP contribution in [0.15, 0.2) is 12.1 Å². The summed E-state index contributed by atoms with van der Waals surface area (Å²) in [6.07, 6.45) is 6.24. The number of aromatic nitrogens is 3. The first-order chi connectivity index (χ1) is 12.8. The van der Waals surface area contributed by atoms with Crippen LogP contribution in [0.25, 0.3) is 5.65 Å². The molecule has 2 aliphatic rings. The van der Waals surface area contributed by atoms with Crippen LogP contribution in [-0.4, -0.2) is 37.7 Å². The van der Waals surface area contributed by atoms with Gasteiger partial charge in [-0.15, -0.1) is 0 Å². The number of nitrogens with zero attached hydrogens (tertiary/aromatic N) is 4. The molecule has 27 heavy (non-hydrogen) atoms. The number of carbonyl (C=O) groups is 1. The highest BCUT2D eigenvalue weighted by molar-refractivity contribution is 6.29. The zero-order chi connectivity index (χ0) is 19.2. The third-order valence-electron chi connectivity index (χ3n) is 5.42. The molecule has 146 valence electrons. The summed E-state index contributed by atoms with van der Waals surface area (Å²) in [7, 11) is 0. The minimum atomic E-state index is -0.513. The first-order valence-corrected chi connectivity index (χ1v) is 10.3. The molecule has 1 saturated carbocycles. The molecule has 1 unspecified atom stereocenters. The Morgan fingerprint density at radius 3 is 2.59 bits per heavy atom. The predicted octanol–water partition coefficient (Wildman–Crippen LogP) is 5.11. The maximum atomic E-state index is 12.7. The Morgan fingerprint density at radius 2 is 1.93 bits per heavy atom. The van der Waals surface area contributed by atoms with Gasteiger partial charge in [0.15, 0.2) is 5.65 Å². The van der Waals surface area contributed by atoms with Crippen LogP contribution in [0, 0.1) is 0 Å². The topological polar surface area (TPSA) is 59.7 Å². The zero-order valence-corrected chi connectivity index (χ0v) is 17.0. The van der Waals surface area contributed by atoms with E-state index in [1.54, 1.807) is 9.42 Å². The van der Waals surface area contributed by atoms with Gasteiger partial charge in [-0.05, 0) is 58.9 Å². The molecule has 0 spiro atoms. The molecule has 6 nitrogen and oxygen atoms in total. The van der Waals surface area contributed by atoms with Gasteiger partial charge in [0.1, 0.15) is 10.8 Å². The second-order valence-electron chi connectivity index (χ2n) is 8.66. The lowest BCUT2D eigenvalue weighted by Crippen LogP contribution is -2.42. The molecule has 4 rings (SSSR count). The summed E-state index contributed by atoms with van der Waals surface area (Å²) in [6, 6.07) is 3.81. The number of piperidine rings is 1. The van der Waals surface area contributed by atoms with Crippen molar-refractivity contribution >= 4 is 23.3 Å². The Bertz CT molecular complexity index is 854. The molecule has 0 radical (unpaired) electrons.